The third-order valence-corrected chi connectivity index (χ3v) is 19.0. The minimum absolute atomic E-state index is 0.237. The molecule has 0 fully saturated rings. The van der Waals surface area contributed by atoms with Gasteiger partial charge in [-0.15, -0.1) is 25.5 Å². The van der Waals surface area contributed by atoms with Gasteiger partial charge in [0.05, 0.1) is 35.5 Å². The fourth-order valence-electron chi connectivity index (χ4n) is 13.3. The molecule has 0 aliphatic heterocycles. The molecule has 0 saturated carbocycles. The highest BCUT2D eigenvalue weighted by Crippen LogP contribution is 2.35. The number of aromatic nitrogens is 17. The van der Waals surface area contributed by atoms with Crippen molar-refractivity contribution < 1.29 is 36.9 Å². The van der Waals surface area contributed by atoms with Crippen molar-refractivity contribution in [1.82, 2.24) is 83.0 Å². The highest BCUT2D eigenvalue weighted by atomic mass is 19.1. The number of benzene rings is 8. The number of pyridine rings is 7. The van der Waals surface area contributed by atoms with E-state index >= 15 is 0 Å². The molecule has 614 valence electrons. The Labute approximate surface area is 707 Å². The highest BCUT2D eigenvalue weighted by molar-refractivity contribution is 5.84. The Morgan fingerprint density at radius 3 is 0.855 bits per heavy atom. The zero-order valence-electron chi connectivity index (χ0n) is 67.5. The molecular weight excluding hydrogens is 1570 g/mol. The lowest BCUT2D eigenvalue weighted by atomic mass is 10.1. The van der Waals surface area contributed by atoms with Gasteiger partial charge in [-0.2, -0.15) is 24.9 Å². The fraction of sp³-hybridized carbons (Fsp3) is 0.0638. The van der Waals surface area contributed by atoms with Crippen molar-refractivity contribution in [2.45, 2.75) is 6.92 Å². The van der Waals surface area contributed by atoms with Gasteiger partial charge >= 0.3 is 0 Å². The van der Waals surface area contributed by atoms with Gasteiger partial charge in [0.2, 0.25) is 29.7 Å². The summed E-state index contributed by atoms with van der Waals surface area (Å²) in [6, 6.07) is 85.5. The number of para-hydroxylation sites is 1. The van der Waals surface area contributed by atoms with E-state index in [2.05, 4.69) is 87.0 Å². The monoisotopic (exact) mass is 1650 g/mol. The summed E-state index contributed by atoms with van der Waals surface area (Å²) in [6.07, 6.45) is 14.4. The molecule has 0 radical (unpaired) electrons. The summed E-state index contributed by atoms with van der Waals surface area (Å²) in [7, 11) is 8.23. The van der Waals surface area contributed by atoms with Gasteiger partial charge in [-0.05, 0) is 223 Å². The predicted molar refractivity (Wildman–Crippen MR) is 474 cm³/mol. The van der Waals surface area contributed by atoms with Crippen molar-refractivity contribution >= 4 is 86.4 Å². The van der Waals surface area contributed by atoms with E-state index in [4.69, 9.17) is 23.7 Å². The second-order valence-corrected chi connectivity index (χ2v) is 27.4. The summed E-state index contributed by atoms with van der Waals surface area (Å²) in [5.74, 6) is 4.58. The van der Waals surface area contributed by atoms with E-state index in [1.807, 2.05) is 268 Å². The summed E-state index contributed by atoms with van der Waals surface area (Å²) in [5.41, 5.74) is 18.0. The van der Waals surface area contributed by atoms with Gasteiger partial charge in [0, 0.05) is 118 Å². The van der Waals surface area contributed by atoms with Gasteiger partial charge in [-0.25, -0.2) is 35.7 Å². The van der Waals surface area contributed by atoms with E-state index in [-0.39, 0.29) is 17.5 Å². The summed E-state index contributed by atoms with van der Waals surface area (Å²) in [6.45, 7) is 1.95. The number of fused-ring (bicyclic) bond motifs is 5. The van der Waals surface area contributed by atoms with Crippen LogP contribution in [0.25, 0.3) is 83.9 Å². The molecule has 30 heteroatoms. The molecule has 0 aliphatic rings. The average molecular weight is 1650 g/mol. The van der Waals surface area contributed by atoms with Crippen molar-refractivity contribution in [3.63, 3.8) is 0 Å². The number of hydrogen-bond donors (Lipinski definition) is 5. The van der Waals surface area contributed by atoms with E-state index < -0.39 is 11.6 Å². The van der Waals surface area contributed by atoms with Gasteiger partial charge in [0.1, 0.15) is 46.2 Å². The number of nitrogens with one attached hydrogen (secondary N) is 5. The predicted octanol–water partition coefficient (Wildman–Crippen LogP) is 20.3. The lowest BCUT2D eigenvalue weighted by molar-refractivity contribution is 0.415. The van der Waals surface area contributed by atoms with Crippen molar-refractivity contribution in [3.8, 4) is 84.4 Å². The van der Waals surface area contributed by atoms with Crippen LogP contribution < -0.4 is 50.3 Å². The summed E-state index contributed by atoms with van der Waals surface area (Å²) in [5, 5.41) is 37.7. The van der Waals surface area contributed by atoms with E-state index in [0.717, 1.165) is 130 Å². The molecule has 12 heterocycles. The number of nitrogens with zero attached hydrogens (tertiary/aromatic N) is 17. The van der Waals surface area contributed by atoms with Crippen LogP contribution in [-0.2, 0) is 0 Å². The first-order valence-electron chi connectivity index (χ1n) is 38.7. The molecule has 20 aromatic rings. The van der Waals surface area contributed by atoms with E-state index in [9.17, 15) is 13.2 Å². The molecule has 0 amide bonds. The molecule has 12 aromatic heterocycles. The number of anilines is 10. The largest absolute Gasteiger partial charge is 0.497 e. The van der Waals surface area contributed by atoms with E-state index in [1.54, 1.807) is 95.0 Å². The Morgan fingerprint density at radius 1 is 0.250 bits per heavy atom. The number of rotatable bonds is 20. The SMILES string of the molecule is COc1cccc(-c2cccn3nc(Nc4cc(F)cc(F)c4)nc23)c1.COc1cccc(-c2cccn3nc(Nc4cccc(F)c4)nc23)c1.COc1cccc(-c2cccn3nc(Nc4ccccc4)nc23)c1.COc1cccc(-c2cccn3nc(Nc4ccnc(C)c4)nc23)c1.COc1cccc(-c2cccn3nc(Nc4ccncc4)nc23)c1. The van der Waals surface area contributed by atoms with Crippen LogP contribution in [0.15, 0.2) is 329 Å². The maximum Gasteiger partial charge on any atom is 0.247 e. The number of halogens is 3. The quantitative estimate of drug-likeness (QED) is 0.0474. The number of aryl methyl sites for hydroxylation is 1. The molecule has 0 unspecified atom stereocenters. The molecular formula is C94H77F3N22O5. The Bertz CT molecular complexity index is 6740. The zero-order chi connectivity index (χ0) is 85.3. The lowest BCUT2D eigenvalue weighted by Crippen LogP contribution is -1.94. The second kappa shape index (κ2) is 37.7. The van der Waals surface area contributed by atoms with E-state index in [1.165, 1.54) is 24.3 Å². The van der Waals surface area contributed by atoms with Crippen LogP contribution in [0, 0.1) is 24.4 Å². The smallest absolute Gasteiger partial charge is 0.247 e. The number of methoxy groups -OCH3 is 5. The van der Waals surface area contributed by atoms with Crippen LogP contribution in [0.2, 0.25) is 0 Å². The summed E-state index contributed by atoms with van der Waals surface area (Å²) >= 11 is 0. The summed E-state index contributed by atoms with van der Waals surface area (Å²) < 4.78 is 75.2. The van der Waals surface area contributed by atoms with Crippen LogP contribution in [0.3, 0.4) is 0 Å². The van der Waals surface area contributed by atoms with Gasteiger partial charge in [0.25, 0.3) is 0 Å². The van der Waals surface area contributed by atoms with Crippen LogP contribution >= 0.6 is 0 Å². The van der Waals surface area contributed by atoms with Gasteiger partial charge in [-0.1, -0.05) is 84.9 Å². The van der Waals surface area contributed by atoms with Crippen molar-refractivity contribution in [2.24, 2.45) is 0 Å². The van der Waals surface area contributed by atoms with Crippen LogP contribution in [0.4, 0.5) is 71.3 Å². The maximum atomic E-state index is 13.4. The van der Waals surface area contributed by atoms with E-state index in [0.29, 0.717) is 40.8 Å². The first kappa shape index (κ1) is 80.7. The average Bonchev–Trinajstić information content (AvgIpc) is 1.66. The normalized spacial score (nSPS) is 10.8. The minimum atomic E-state index is -0.673. The number of ether oxygens (including phenoxy) is 5. The summed E-state index contributed by atoms with van der Waals surface area (Å²) in [4.78, 5) is 31.1. The maximum absolute atomic E-state index is 13.4. The molecule has 27 nitrogen and oxygen atoms in total. The zero-order valence-corrected chi connectivity index (χ0v) is 67.5. The number of hydrogen-bond acceptors (Lipinski definition) is 22. The Balaban J connectivity index is 0.000000115. The third kappa shape index (κ3) is 19.5. The second-order valence-electron chi connectivity index (χ2n) is 27.4. The lowest BCUT2D eigenvalue weighted by Gasteiger charge is -2.05. The molecule has 0 bridgehead atoms. The van der Waals surface area contributed by atoms with Crippen LogP contribution in [0.1, 0.15) is 5.69 Å². The topological polar surface area (TPSA) is 283 Å². The Kier molecular flexibility index (Phi) is 24.5. The third-order valence-electron chi connectivity index (χ3n) is 19.0. The molecule has 0 aliphatic carbocycles. The Hall–Kier alpha value is -17.1. The first-order chi connectivity index (χ1) is 60.7. The molecule has 5 N–H and O–H groups in total. The van der Waals surface area contributed by atoms with Crippen LogP contribution in [-0.4, -0.2) is 119 Å². The molecule has 0 atom stereocenters. The van der Waals surface area contributed by atoms with Crippen molar-refractivity contribution in [2.75, 3.05) is 62.1 Å². The minimum Gasteiger partial charge on any atom is -0.497 e. The highest BCUT2D eigenvalue weighted by Gasteiger charge is 2.18. The molecule has 0 saturated heterocycles. The standard InChI is InChI=1S/C19H14F2N4O.C19H15FN4O.C19H17N5O.C19H16N4O.C18H15N5O/c1-26-16-5-2-4-12(8-16)17-6-3-7-25-18(17)23-19(24-25)22-15-10-13(20)9-14(21)11-15;1-25-16-8-2-5-13(11-16)17-9-4-10-24-18(17)22-19(23-24)21-15-7-3-6-14(20)12-15;1-13-11-15(8-9-20-13)21-19-22-18-17(7-4-10-24(18)23-19)14-5-3-6-16(12-14)25-2;1-24-16-10-5-7-14(13-16)17-11-6-12-23-18(17)21-19(22-23)20-15-8-3-2-4-9-15;1-24-15-5-2-4-13(12-15)16-6-3-11-23-17(16)21-18(22-23)20-14-7-9-19-10-8-14/h2-11H,1H3,(H,22,24);2-12H,1H3,(H,21,23);3-12H,1-2H3,(H,20,21,23);2-13H,1H3,(H,20,22);2-12H,1H3,(H,19,20,22). The Morgan fingerprint density at radius 2 is 0.532 bits per heavy atom. The van der Waals surface area contributed by atoms with Crippen LogP contribution in [0.5, 0.6) is 28.7 Å². The molecule has 20 rings (SSSR count). The van der Waals surface area contributed by atoms with Crippen molar-refractivity contribution in [1.29, 1.82) is 0 Å². The molecule has 0 spiro atoms. The molecule has 124 heavy (non-hydrogen) atoms. The van der Waals surface area contributed by atoms with Gasteiger partial charge in [0.15, 0.2) is 28.2 Å². The van der Waals surface area contributed by atoms with Gasteiger partial charge in [-0.3, -0.25) is 9.97 Å². The molecule has 8 aromatic carbocycles. The van der Waals surface area contributed by atoms with Crippen molar-refractivity contribution in [3.05, 3.63) is 352 Å². The van der Waals surface area contributed by atoms with Gasteiger partial charge < -0.3 is 50.3 Å². The first-order valence-corrected chi connectivity index (χ1v) is 38.7. The fourth-order valence-corrected chi connectivity index (χ4v) is 13.3.